The fraction of sp³-hybridized carbons (Fsp3) is 0.366. The second kappa shape index (κ2) is 39.4. The lowest BCUT2D eigenvalue weighted by Crippen LogP contribution is -2.42. The Labute approximate surface area is 714 Å². The van der Waals surface area contributed by atoms with Gasteiger partial charge in [-0.2, -0.15) is 0 Å². The first kappa shape index (κ1) is 100. The van der Waals surface area contributed by atoms with E-state index in [0.29, 0.717) is 21.8 Å². The van der Waals surface area contributed by atoms with Gasteiger partial charge in [-0.15, -0.1) is 0 Å². The van der Waals surface area contributed by atoms with Gasteiger partial charge in [-0.1, -0.05) is 34.8 Å². The van der Waals surface area contributed by atoms with Crippen LogP contribution in [0.4, 0.5) is 88.9 Å². The van der Waals surface area contributed by atoms with Crippen LogP contribution in [0.3, 0.4) is 0 Å². The lowest BCUT2D eigenvalue weighted by molar-refractivity contribution is -0.147. The summed E-state index contributed by atoms with van der Waals surface area (Å²) < 4.78 is 202. The van der Waals surface area contributed by atoms with Crippen LogP contribution < -0.4 is 14.7 Å². The van der Waals surface area contributed by atoms with E-state index in [9.17, 15) is 101 Å². The molecule has 41 heteroatoms. The molecule has 12 rings (SSSR count). The van der Waals surface area contributed by atoms with Crippen LogP contribution >= 0.6 is 46.4 Å². The molecule has 0 bridgehead atoms. The number of nitrogens with one attached hydrogen (secondary N) is 2. The molecule has 0 saturated carbocycles. The first-order valence-corrected chi connectivity index (χ1v) is 37.4. The van der Waals surface area contributed by atoms with Crippen molar-refractivity contribution in [2.75, 3.05) is 69.9 Å². The van der Waals surface area contributed by atoms with Gasteiger partial charge in [0.05, 0.1) is 69.3 Å². The molecule has 25 nitrogen and oxygen atoms in total. The Bertz CT molecular complexity index is 5410. The van der Waals surface area contributed by atoms with Gasteiger partial charge in [0.1, 0.15) is 39.2 Å². The van der Waals surface area contributed by atoms with Gasteiger partial charge in [-0.25, -0.2) is 81.5 Å². The molecule has 3 aliphatic rings. The van der Waals surface area contributed by atoms with Crippen molar-refractivity contribution in [1.29, 1.82) is 0 Å². The second-order valence-electron chi connectivity index (χ2n) is 31.1. The Morgan fingerprint density at radius 1 is 0.415 bits per heavy atom. The van der Waals surface area contributed by atoms with Crippen molar-refractivity contribution < 1.29 is 143 Å². The molecule has 3 atom stereocenters. The topological polar surface area (TPSA) is 300 Å². The number of carbonyl (C=O) groups is 10. The number of aromatic amines is 2. The third-order valence-corrected chi connectivity index (χ3v) is 18.4. The van der Waals surface area contributed by atoms with Crippen molar-refractivity contribution in [3.8, 4) is 0 Å². The minimum atomic E-state index is -1.96. The van der Waals surface area contributed by atoms with Crippen LogP contribution in [0.5, 0.6) is 0 Å². The SMILES string of the molecule is COC(=O)C1(C)CN(C(=O)OC(C)(C)C)c2cc(F)c(F)cc21.COC(=O)C1(C)CN(C(=O)OC(C)(C)C)c2cc(F)c(F)cc21.COC(=O)C1CN(C(=O)OC(C)(C)C)c2cc(F)c(F)cc21.COC(=O)c1c[nH]c2cc(F)c(F)cc12.COC(=O)c1cn(C(=O)OC(C)(C)C)c2cc(F)c(F)cc12.Fc1cc2cc[nH]c2cc1F.O=C(Cl)C(Cl)(Cl)Cl. The van der Waals surface area contributed by atoms with Crippen LogP contribution in [-0.4, -0.2) is 155 Å². The summed E-state index contributed by atoms with van der Waals surface area (Å²) in [6.45, 7) is 22.9. The normalized spacial score (nSPS) is 15.6. The molecule has 3 amide bonds. The number of esters is 5. The first-order chi connectivity index (χ1) is 56.6. The molecule has 3 aromatic heterocycles. The number of aromatic nitrogens is 3. The number of amides is 3. The number of halogens is 16. The highest BCUT2D eigenvalue weighted by Crippen LogP contribution is 2.46. The number of hydrogen-bond donors (Lipinski definition) is 2. The summed E-state index contributed by atoms with van der Waals surface area (Å²) in [6, 6.07) is 13.1. The average molecular weight is 1830 g/mol. The number of rotatable bonds is 5. The number of carbonyl (C=O) groups excluding carboxylic acids is 10. The van der Waals surface area contributed by atoms with Crippen molar-refractivity contribution in [3.63, 3.8) is 0 Å². The quantitative estimate of drug-likeness (QED) is 0.0532. The van der Waals surface area contributed by atoms with E-state index < -0.39 is 172 Å². The number of methoxy groups -OCH3 is 5. The summed E-state index contributed by atoms with van der Waals surface area (Å²) in [7, 11) is 5.96. The predicted molar refractivity (Wildman–Crippen MR) is 427 cm³/mol. The molecule has 9 aromatic rings. The van der Waals surface area contributed by atoms with E-state index in [-0.39, 0.29) is 75.4 Å². The zero-order valence-electron chi connectivity index (χ0n) is 69.0. The molecule has 123 heavy (non-hydrogen) atoms. The number of hydrogen-bond acceptors (Lipinski definition) is 19. The van der Waals surface area contributed by atoms with Crippen LogP contribution in [0.15, 0.2) is 97.5 Å². The molecule has 0 spiro atoms. The first-order valence-electron chi connectivity index (χ1n) is 35.9. The van der Waals surface area contributed by atoms with Crippen molar-refractivity contribution in [2.24, 2.45) is 0 Å². The largest absolute Gasteiger partial charge is 0.468 e. The van der Waals surface area contributed by atoms with E-state index in [1.807, 2.05) is 0 Å². The second-order valence-corrected chi connectivity index (χ2v) is 33.7. The van der Waals surface area contributed by atoms with Gasteiger partial charge in [0.25, 0.3) is 9.03 Å². The molecular weight excluding hydrogens is 1740 g/mol. The van der Waals surface area contributed by atoms with Crippen molar-refractivity contribution in [3.05, 3.63) is 195 Å². The van der Waals surface area contributed by atoms with Gasteiger partial charge in [-0.3, -0.25) is 38.4 Å². The Hall–Kier alpha value is -11.4. The van der Waals surface area contributed by atoms with E-state index in [4.69, 9.17) is 74.8 Å². The summed E-state index contributed by atoms with van der Waals surface area (Å²) in [5.41, 5.74) is -3.62. The van der Waals surface area contributed by atoms with E-state index in [2.05, 4.69) is 24.2 Å². The molecule has 666 valence electrons. The number of H-pyrrole nitrogens is 2. The zero-order chi connectivity index (χ0) is 93.4. The molecule has 6 heterocycles. The van der Waals surface area contributed by atoms with Gasteiger partial charge < -0.3 is 52.6 Å². The molecule has 0 fully saturated rings. The average Bonchev–Trinajstić information content (AvgIpc) is 1.59. The molecule has 0 saturated heterocycles. The summed E-state index contributed by atoms with van der Waals surface area (Å²) >= 11 is 19.5. The molecule has 6 aromatic carbocycles. The van der Waals surface area contributed by atoms with E-state index in [1.165, 1.54) is 54.5 Å². The Morgan fingerprint density at radius 2 is 0.772 bits per heavy atom. The summed E-state index contributed by atoms with van der Waals surface area (Å²) in [6.07, 6.45) is 1.13. The lowest BCUT2D eigenvalue weighted by Gasteiger charge is -2.26. The van der Waals surface area contributed by atoms with E-state index in [0.717, 1.165) is 99.3 Å². The summed E-state index contributed by atoms with van der Waals surface area (Å²) in [5, 5.41) is 0.0683. The maximum Gasteiger partial charge on any atom is 0.419 e. The fourth-order valence-corrected chi connectivity index (χ4v) is 11.8. The molecular formula is C82H82Cl4F12N6O19. The summed E-state index contributed by atoms with van der Waals surface area (Å²) in [5.74, 6) is -16.6. The van der Waals surface area contributed by atoms with Gasteiger partial charge >= 0.3 is 54.2 Å². The molecule has 3 aliphatic heterocycles. The smallest absolute Gasteiger partial charge is 0.419 e. The van der Waals surface area contributed by atoms with Gasteiger partial charge in [0, 0.05) is 102 Å². The maximum absolute atomic E-state index is 13.6. The number of fused-ring (bicyclic) bond motifs is 6. The molecule has 2 N–H and O–H groups in total. The molecule has 3 unspecified atom stereocenters. The minimum Gasteiger partial charge on any atom is -0.468 e. The Kier molecular flexibility index (Phi) is 32.1. The van der Waals surface area contributed by atoms with Gasteiger partial charge in [0.2, 0.25) is 0 Å². The number of ether oxygens (including phenoxy) is 9. The highest BCUT2D eigenvalue weighted by molar-refractivity contribution is 6.88. The van der Waals surface area contributed by atoms with Gasteiger partial charge in [0.15, 0.2) is 69.8 Å². The van der Waals surface area contributed by atoms with E-state index >= 15 is 0 Å². The Balaban J connectivity index is 0.000000227. The van der Waals surface area contributed by atoms with Crippen molar-refractivity contribution in [2.45, 2.75) is 140 Å². The molecule has 0 radical (unpaired) electrons. The van der Waals surface area contributed by atoms with E-state index in [1.54, 1.807) is 95.3 Å². The molecule has 0 aliphatic carbocycles. The minimum absolute atomic E-state index is 0.0218. The third kappa shape index (κ3) is 24.7. The Morgan fingerprint density at radius 3 is 1.19 bits per heavy atom. The number of anilines is 3. The van der Waals surface area contributed by atoms with Crippen LogP contribution in [0.25, 0.3) is 32.7 Å². The van der Waals surface area contributed by atoms with Crippen LogP contribution in [0.1, 0.15) is 140 Å². The maximum atomic E-state index is 13.6. The van der Waals surface area contributed by atoms with Crippen molar-refractivity contribution >= 4 is 156 Å². The lowest BCUT2D eigenvalue weighted by atomic mass is 9.84. The monoisotopic (exact) mass is 1820 g/mol. The van der Waals surface area contributed by atoms with Gasteiger partial charge in [-0.05, 0) is 168 Å². The van der Waals surface area contributed by atoms with Crippen LogP contribution in [0.2, 0.25) is 0 Å². The highest BCUT2D eigenvalue weighted by atomic mass is 35.6. The zero-order valence-corrected chi connectivity index (χ0v) is 72.1. The number of benzene rings is 6. The van der Waals surface area contributed by atoms with Crippen LogP contribution in [0, 0.1) is 69.8 Å². The predicted octanol–water partition coefficient (Wildman–Crippen LogP) is 19.6. The number of nitrogens with zero attached hydrogens (tertiary/aromatic N) is 4. The highest BCUT2D eigenvalue weighted by Gasteiger charge is 2.51. The van der Waals surface area contributed by atoms with Crippen LogP contribution in [-0.2, 0) is 72.6 Å². The third-order valence-electron chi connectivity index (χ3n) is 17.3. The standard InChI is InChI=1S/2C16H19F2NO4.C15H17F2NO4.C15H15F2NO4.C10H7F2NO2.C8H5F2N.C2Cl4O/c2*1-15(2,3)23-14(21)19-8-16(4,13(20)22-5)9-6-10(17)11(18)7-12(9)19;2*1-15(2,3)22-14(20)18-7-9(13(19)21-4)8-5-10(16)11(17)6-12(8)18;1-15-10(14)6-4-13-9-3-8(12)7(11)2-5(6)9;9-6-3-5-1-2-11-8(5)4-7(6)10;3-1(7)2(4,5)6/h2*6-7H,8H2,1-5H3;5-6,9H,7H2,1-4H3;5-7H,1-4H3;2-4,13H,1H3;1-4,11H;. The summed E-state index contributed by atoms with van der Waals surface area (Å²) in [4.78, 5) is 127. The van der Waals surface area contributed by atoms with Crippen molar-refractivity contribution in [1.82, 2.24) is 14.5 Å². The number of alkyl halides is 3. The fourth-order valence-electron chi connectivity index (χ4n) is 11.8.